The number of nitrogens with zero attached hydrogens (tertiary/aromatic N) is 1. The molecule has 0 aromatic carbocycles. The molecule has 0 radical (unpaired) electrons. The first-order chi connectivity index (χ1) is 6.97. The van der Waals surface area contributed by atoms with Crippen LogP contribution in [0.1, 0.15) is 13.8 Å². The highest BCUT2D eigenvalue weighted by Crippen LogP contribution is 2.16. The SMILES string of the molecule is CC(C)CS(=O)(=O)N1CCOCC1CCl. The van der Waals surface area contributed by atoms with Crippen molar-refractivity contribution in [3.8, 4) is 0 Å². The van der Waals surface area contributed by atoms with Gasteiger partial charge in [-0.05, 0) is 5.92 Å². The first-order valence-electron chi connectivity index (χ1n) is 5.10. The van der Waals surface area contributed by atoms with E-state index in [0.29, 0.717) is 19.8 Å². The van der Waals surface area contributed by atoms with Crippen LogP contribution in [0.25, 0.3) is 0 Å². The molecular weight excluding hydrogens is 238 g/mol. The van der Waals surface area contributed by atoms with E-state index in [1.54, 1.807) is 0 Å². The van der Waals surface area contributed by atoms with Crippen LogP contribution >= 0.6 is 11.6 Å². The molecule has 1 saturated heterocycles. The van der Waals surface area contributed by atoms with Crippen molar-refractivity contribution in [1.82, 2.24) is 4.31 Å². The molecule has 0 saturated carbocycles. The van der Waals surface area contributed by atoms with Gasteiger partial charge in [0.15, 0.2) is 0 Å². The van der Waals surface area contributed by atoms with Crippen LogP contribution in [-0.4, -0.2) is 50.2 Å². The van der Waals surface area contributed by atoms with Crippen LogP contribution in [0.3, 0.4) is 0 Å². The van der Waals surface area contributed by atoms with Crippen molar-refractivity contribution in [2.45, 2.75) is 19.9 Å². The highest BCUT2D eigenvalue weighted by molar-refractivity contribution is 7.89. The van der Waals surface area contributed by atoms with Gasteiger partial charge in [0.05, 0.1) is 25.0 Å². The Morgan fingerprint density at radius 1 is 1.53 bits per heavy atom. The number of alkyl halides is 1. The van der Waals surface area contributed by atoms with Gasteiger partial charge in [-0.3, -0.25) is 0 Å². The zero-order valence-corrected chi connectivity index (χ0v) is 10.7. The van der Waals surface area contributed by atoms with Crippen LogP contribution in [0.2, 0.25) is 0 Å². The summed E-state index contributed by atoms with van der Waals surface area (Å²) in [5, 5.41) is 0. The molecule has 15 heavy (non-hydrogen) atoms. The predicted octanol–water partition coefficient (Wildman–Crippen LogP) is 0.912. The summed E-state index contributed by atoms with van der Waals surface area (Å²) >= 11 is 5.73. The molecule has 0 aliphatic carbocycles. The van der Waals surface area contributed by atoms with E-state index in [1.807, 2.05) is 13.8 Å². The number of hydrogen-bond acceptors (Lipinski definition) is 3. The first kappa shape index (κ1) is 13.2. The molecular formula is C9H18ClNO3S. The minimum absolute atomic E-state index is 0.133. The average molecular weight is 256 g/mol. The van der Waals surface area contributed by atoms with Crippen LogP contribution in [0.15, 0.2) is 0 Å². The molecule has 1 unspecified atom stereocenters. The third kappa shape index (κ3) is 3.59. The maximum Gasteiger partial charge on any atom is 0.214 e. The van der Waals surface area contributed by atoms with Crippen LogP contribution in [0.4, 0.5) is 0 Å². The lowest BCUT2D eigenvalue weighted by Gasteiger charge is -2.33. The highest BCUT2D eigenvalue weighted by Gasteiger charge is 2.32. The molecule has 0 N–H and O–H groups in total. The number of hydrogen-bond donors (Lipinski definition) is 0. The molecule has 0 aromatic rings. The van der Waals surface area contributed by atoms with Crippen LogP contribution < -0.4 is 0 Å². The molecule has 0 aromatic heterocycles. The van der Waals surface area contributed by atoms with Gasteiger partial charge in [0, 0.05) is 12.4 Å². The predicted molar refractivity (Wildman–Crippen MR) is 60.7 cm³/mol. The highest BCUT2D eigenvalue weighted by atomic mass is 35.5. The van der Waals surface area contributed by atoms with Crippen molar-refractivity contribution in [3.05, 3.63) is 0 Å². The average Bonchev–Trinajstić information content (AvgIpc) is 2.16. The summed E-state index contributed by atoms with van der Waals surface area (Å²) in [7, 11) is -3.17. The molecule has 1 heterocycles. The fourth-order valence-electron chi connectivity index (χ4n) is 1.64. The summed E-state index contributed by atoms with van der Waals surface area (Å²) in [5.41, 5.74) is 0. The maximum absolute atomic E-state index is 12.0. The first-order valence-corrected chi connectivity index (χ1v) is 7.25. The van der Waals surface area contributed by atoms with Crippen molar-refractivity contribution < 1.29 is 13.2 Å². The topological polar surface area (TPSA) is 46.6 Å². The van der Waals surface area contributed by atoms with Gasteiger partial charge in [0.2, 0.25) is 10.0 Å². The lowest BCUT2D eigenvalue weighted by Crippen LogP contribution is -2.50. The van der Waals surface area contributed by atoms with E-state index in [9.17, 15) is 8.42 Å². The summed E-state index contributed by atoms with van der Waals surface area (Å²) in [6, 6.07) is -0.204. The Labute approximate surface area is 96.6 Å². The molecule has 1 aliphatic heterocycles. The number of sulfonamides is 1. The second kappa shape index (κ2) is 5.48. The van der Waals surface area contributed by atoms with Crippen molar-refractivity contribution in [1.29, 1.82) is 0 Å². The Morgan fingerprint density at radius 2 is 2.20 bits per heavy atom. The van der Waals surface area contributed by atoms with Gasteiger partial charge < -0.3 is 4.74 Å². The quantitative estimate of drug-likeness (QED) is 0.702. The molecule has 6 heteroatoms. The Morgan fingerprint density at radius 3 is 2.73 bits per heavy atom. The summed E-state index contributed by atoms with van der Waals surface area (Å²) < 4.78 is 30.7. The monoisotopic (exact) mass is 255 g/mol. The number of ether oxygens (including phenoxy) is 1. The van der Waals surface area contributed by atoms with E-state index in [4.69, 9.17) is 16.3 Å². The van der Waals surface area contributed by atoms with Gasteiger partial charge in [-0.2, -0.15) is 4.31 Å². The lowest BCUT2D eigenvalue weighted by atomic mass is 10.3. The molecule has 0 amide bonds. The van der Waals surface area contributed by atoms with Crippen molar-refractivity contribution in [3.63, 3.8) is 0 Å². The Kier molecular flexibility index (Phi) is 4.83. The molecule has 90 valence electrons. The minimum Gasteiger partial charge on any atom is -0.378 e. The van der Waals surface area contributed by atoms with E-state index >= 15 is 0 Å². The van der Waals surface area contributed by atoms with Gasteiger partial charge in [0.25, 0.3) is 0 Å². The summed E-state index contributed by atoms with van der Waals surface area (Å²) in [4.78, 5) is 0. The van der Waals surface area contributed by atoms with Gasteiger partial charge in [-0.25, -0.2) is 8.42 Å². The molecule has 4 nitrogen and oxygen atoms in total. The van der Waals surface area contributed by atoms with Crippen LogP contribution in [0, 0.1) is 5.92 Å². The molecule has 1 atom stereocenters. The summed E-state index contributed by atoms with van der Waals surface area (Å²) in [6.45, 7) is 5.08. The molecule has 0 bridgehead atoms. The third-order valence-electron chi connectivity index (χ3n) is 2.25. The zero-order valence-electron chi connectivity index (χ0n) is 9.15. The fourth-order valence-corrected chi connectivity index (χ4v) is 3.96. The van der Waals surface area contributed by atoms with Gasteiger partial charge in [0.1, 0.15) is 0 Å². The van der Waals surface area contributed by atoms with Crippen LogP contribution in [-0.2, 0) is 14.8 Å². The molecule has 1 rings (SSSR count). The van der Waals surface area contributed by atoms with Crippen molar-refractivity contribution >= 4 is 21.6 Å². The van der Waals surface area contributed by atoms with Gasteiger partial charge in [-0.15, -0.1) is 11.6 Å². The smallest absolute Gasteiger partial charge is 0.214 e. The summed E-state index contributed by atoms with van der Waals surface area (Å²) in [5.74, 6) is 0.603. The largest absolute Gasteiger partial charge is 0.378 e. The summed E-state index contributed by atoms with van der Waals surface area (Å²) in [6.07, 6.45) is 0. The second-order valence-corrected chi connectivity index (χ2v) is 6.44. The standard InChI is InChI=1S/C9H18ClNO3S/c1-8(2)7-15(12,13)11-3-4-14-6-9(11)5-10/h8-9H,3-7H2,1-2H3. The zero-order chi connectivity index (χ0) is 11.5. The minimum atomic E-state index is -3.17. The Bertz CT molecular complexity index is 292. The van der Waals surface area contributed by atoms with Crippen LogP contribution in [0.5, 0.6) is 0 Å². The lowest BCUT2D eigenvalue weighted by molar-refractivity contribution is 0.0403. The molecule has 0 spiro atoms. The van der Waals surface area contributed by atoms with Crippen molar-refractivity contribution in [2.24, 2.45) is 5.92 Å². The van der Waals surface area contributed by atoms with E-state index in [2.05, 4.69) is 0 Å². The number of halogens is 1. The van der Waals surface area contributed by atoms with E-state index in [0.717, 1.165) is 0 Å². The number of morpholine rings is 1. The second-order valence-electron chi connectivity index (χ2n) is 4.17. The van der Waals surface area contributed by atoms with E-state index in [-0.39, 0.29) is 23.6 Å². The third-order valence-corrected chi connectivity index (χ3v) is 4.89. The van der Waals surface area contributed by atoms with E-state index < -0.39 is 10.0 Å². The Balaban J connectivity index is 2.74. The Hall–Kier alpha value is 0.160. The number of rotatable bonds is 4. The normalized spacial score (nSPS) is 24.7. The van der Waals surface area contributed by atoms with Gasteiger partial charge >= 0.3 is 0 Å². The maximum atomic E-state index is 12.0. The van der Waals surface area contributed by atoms with Gasteiger partial charge in [-0.1, -0.05) is 13.8 Å². The van der Waals surface area contributed by atoms with Crippen molar-refractivity contribution in [2.75, 3.05) is 31.4 Å². The molecule has 1 aliphatic rings. The fraction of sp³-hybridized carbons (Fsp3) is 1.00. The van der Waals surface area contributed by atoms with E-state index in [1.165, 1.54) is 4.31 Å². The molecule has 1 fully saturated rings.